The molecule has 1 N–H and O–H groups in total. The van der Waals surface area contributed by atoms with Crippen LogP contribution in [-0.2, 0) is 5.60 Å². The van der Waals surface area contributed by atoms with Gasteiger partial charge in [0.15, 0.2) is 0 Å². The first-order valence-corrected chi connectivity index (χ1v) is 7.58. The fraction of sp³-hybridized carbons (Fsp3) is 0.647. The number of methoxy groups -OCH3 is 2. The number of aliphatic hydroxyl groups is 1. The monoisotopic (exact) mass is 278 g/mol. The lowest BCUT2D eigenvalue weighted by Crippen LogP contribution is -2.32. The summed E-state index contributed by atoms with van der Waals surface area (Å²) >= 11 is 0. The molecule has 2 rings (SSSR count). The summed E-state index contributed by atoms with van der Waals surface area (Å²) in [5, 5.41) is 11.0. The molecule has 20 heavy (non-hydrogen) atoms. The zero-order valence-electron chi connectivity index (χ0n) is 12.8. The van der Waals surface area contributed by atoms with Gasteiger partial charge in [0, 0.05) is 11.6 Å². The Hall–Kier alpha value is -1.22. The normalized spacial score (nSPS) is 26.3. The van der Waals surface area contributed by atoms with Gasteiger partial charge >= 0.3 is 0 Å². The van der Waals surface area contributed by atoms with Crippen molar-refractivity contribution in [3.63, 3.8) is 0 Å². The minimum absolute atomic E-state index is 0.723. The van der Waals surface area contributed by atoms with Crippen LogP contribution in [0.15, 0.2) is 18.2 Å². The maximum absolute atomic E-state index is 11.0. The average molecular weight is 278 g/mol. The van der Waals surface area contributed by atoms with Gasteiger partial charge in [0.05, 0.1) is 19.8 Å². The van der Waals surface area contributed by atoms with Crippen LogP contribution in [0.3, 0.4) is 0 Å². The first kappa shape index (κ1) is 15.2. The molecule has 1 aliphatic carbocycles. The van der Waals surface area contributed by atoms with E-state index in [2.05, 4.69) is 6.92 Å². The smallest absolute Gasteiger partial charge is 0.128 e. The van der Waals surface area contributed by atoms with Gasteiger partial charge in [-0.25, -0.2) is 0 Å². The van der Waals surface area contributed by atoms with Crippen LogP contribution >= 0.6 is 0 Å². The molecule has 112 valence electrons. The van der Waals surface area contributed by atoms with Crippen molar-refractivity contribution in [1.29, 1.82) is 0 Å². The second-order valence-corrected chi connectivity index (χ2v) is 5.83. The van der Waals surface area contributed by atoms with Crippen molar-refractivity contribution in [3.05, 3.63) is 23.8 Å². The third-order valence-corrected chi connectivity index (χ3v) is 4.54. The predicted molar refractivity (Wildman–Crippen MR) is 80.3 cm³/mol. The van der Waals surface area contributed by atoms with E-state index in [1.807, 2.05) is 18.2 Å². The minimum Gasteiger partial charge on any atom is -0.497 e. The van der Waals surface area contributed by atoms with Crippen molar-refractivity contribution in [2.75, 3.05) is 14.2 Å². The van der Waals surface area contributed by atoms with Gasteiger partial charge in [-0.3, -0.25) is 0 Å². The molecule has 1 fully saturated rings. The van der Waals surface area contributed by atoms with Crippen LogP contribution in [0.25, 0.3) is 0 Å². The minimum atomic E-state index is -0.748. The molecule has 0 heterocycles. The molecule has 3 nitrogen and oxygen atoms in total. The predicted octanol–water partition coefficient (Wildman–Crippen LogP) is 3.88. The highest BCUT2D eigenvalue weighted by atomic mass is 16.5. The molecule has 1 aromatic carbocycles. The maximum atomic E-state index is 11.0. The summed E-state index contributed by atoms with van der Waals surface area (Å²) in [4.78, 5) is 0. The van der Waals surface area contributed by atoms with E-state index in [-0.39, 0.29) is 0 Å². The molecule has 1 saturated carbocycles. The Morgan fingerprint density at radius 3 is 2.45 bits per heavy atom. The fourth-order valence-electron chi connectivity index (χ4n) is 3.30. The van der Waals surface area contributed by atoms with Crippen molar-refractivity contribution in [3.8, 4) is 11.5 Å². The molecular weight excluding hydrogens is 252 g/mol. The Morgan fingerprint density at radius 1 is 1.20 bits per heavy atom. The van der Waals surface area contributed by atoms with Crippen LogP contribution in [0.4, 0.5) is 0 Å². The van der Waals surface area contributed by atoms with Crippen molar-refractivity contribution in [1.82, 2.24) is 0 Å². The van der Waals surface area contributed by atoms with Gasteiger partial charge in [-0.1, -0.05) is 19.8 Å². The summed E-state index contributed by atoms with van der Waals surface area (Å²) in [5.41, 5.74) is 0.151. The number of hydrogen-bond acceptors (Lipinski definition) is 3. The van der Waals surface area contributed by atoms with E-state index >= 15 is 0 Å². The van der Waals surface area contributed by atoms with E-state index in [4.69, 9.17) is 9.47 Å². The Morgan fingerprint density at radius 2 is 1.90 bits per heavy atom. The molecule has 0 saturated heterocycles. The summed E-state index contributed by atoms with van der Waals surface area (Å²) in [7, 11) is 3.28. The standard InChI is InChI=1S/C17H26O3/c1-4-5-13-8-10-17(18,11-9-13)15-7-6-14(19-2)12-16(15)20-3/h6-7,12-13,18H,4-5,8-11H2,1-3H3. The average Bonchev–Trinajstić information content (AvgIpc) is 2.49. The summed E-state index contributed by atoms with van der Waals surface area (Å²) in [6.45, 7) is 2.23. The van der Waals surface area contributed by atoms with Crippen LogP contribution < -0.4 is 9.47 Å². The molecule has 0 bridgehead atoms. The molecule has 1 aromatic rings. The van der Waals surface area contributed by atoms with Gasteiger partial charge in [0.25, 0.3) is 0 Å². The summed E-state index contributed by atoms with van der Waals surface area (Å²) in [5.74, 6) is 2.25. The SMILES string of the molecule is CCCC1CCC(O)(c2ccc(OC)cc2OC)CC1. The molecule has 0 aliphatic heterocycles. The largest absolute Gasteiger partial charge is 0.497 e. The highest BCUT2D eigenvalue weighted by molar-refractivity contribution is 5.44. The quantitative estimate of drug-likeness (QED) is 0.888. The number of rotatable bonds is 5. The molecular formula is C17H26O3. The van der Waals surface area contributed by atoms with Gasteiger partial charge in [0.1, 0.15) is 11.5 Å². The van der Waals surface area contributed by atoms with Crippen LogP contribution in [0.1, 0.15) is 51.0 Å². The van der Waals surface area contributed by atoms with Gasteiger partial charge < -0.3 is 14.6 Å². The maximum Gasteiger partial charge on any atom is 0.128 e. The molecule has 0 aromatic heterocycles. The van der Waals surface area contributed by atoms with E-state index in [0.717, 1.165) is 48.7 Å². The van der Waals surface area contributed by atoms with Gasteiger partial charge in [-0.15, -0.1) is 0 Å². The van der Waals surface area contributed by atoms with E-state index in [0.29, 0.717) is 0 Å². The second-order valence-electron chi connectivity index (χ2n) is 5.83. The van der Waals surface area contributed by atoms with Gasteiger partial charge in [-0.2, -0.15) is 0 Å². The molecule has 0 radical (unpaired) electrons. The van der Waals surface area contributed by atoms with Crippen molar-refractivity contribution >= 4 is 0 Å². The second kappa shape index (κ2) is 6.49. The number of benzene rings is 1. The van der Waals surface area contributed by atoms with Crippen LogP contribution in [-0.4, -0.2) is 19.3 Å². The molecule has 3 heteroatoms. The van der Waals surface area contributed by atoms with Gasteiger partial charge in [-0.05, 0) is 43.7 Å². The first-order chi connectivity index (χ1) is 9.62. The van der Waals surface area contributed by atoms with Crippen molar-refractivity contribution in [2.24, 2.45) is 5.92 Å². The van der Waals surface area contributed by atoms with E-state index in [1.165, 1.54) is 12.8 Å². The van der Waals surface area contributed by atoms with E-state index in [9.17, 15) is 5.11 Å². The first-order valence-electron chi connectivity index (χ1n) is 7.58. The highest BCUT2D eigenvalue weighted by Crippen LogP contribution is 2.44. The lowest BCUT2D eigenvalue weighted by molar-refractivity contribution is -0.0170. The van der Waals surface area contributed by atoms with Crippen LogP contribution in [0, 0.1) is 5.92 Å². The molecule has 1 aliphatic rings. The number of hydrogen-bond donors (Lipinski definition) is 1. The summed E-state index contributed by atoms with van der Waals surface area (Å²) < 4.78 is 10.7. The van der Waals surface area contributed by atoms with Crippen LogP contribution in [0.5, 0.6) is 11.5 Å². The third-order valence-electron chi connectivity index (χ3n) is 4.54. The highest BCUT2D eigenvalue weighted by Gasteiger charge is 2.36. The van der Waals surface area contributed by atoms with Crippen molar-refractivity contribution < 1.29 is 14.6 Å². The number of ether oxygens (including phenoxy) is 2. The Balaban J connectivity index is 2.18. The molecule has 0 unspecified atom stereocenters. The summed E-state index contributed by atoms with van der Waals surface area (Å²) in [6, 6.07) is 5.69. The Bertz CT molecular complexity index is 434. The fourth-order valence-corrected chi connectivity index (χ4v) is 3.30. The van der Waals surface area contributed by atoms with E-state index < -0.39 is 5.60 Å². The lowest BCUT2D eigenvalue weighted by Gasteiger charge is -2.37. The van der Waals surface area contributed by atoms with Gasteiger partial charge in [0.2, 0.25) is 0 Å². The molecule has 0 amide bonds. The Labute approximate surface area is 121 Å². The van der Waals surface area contributed by atoms with Crippen molar-refractivity contribution in [2.45, 2.75) is 51.0 Å². The van der Waals surface area contributed by atoms with Crippen LogP contribution in [0.2, 0.25) is 0 Å². The molecule has 0 spiro atoms. The third kappa shape index (κ3) is 3.09. The van der Waals surface area contributed by atoms with E-state index in [1.54, 1.807) is 14.2 Å². The lowest BCUT2D eigenvalue weighted by atomic mass is 9.74. The topological polar surface area (TPSA) is 38.7 Å². The Kier molecular flexibility index (Phi) is 4.92. The zero-order valence-corrected chi connectivity index (χ0v) is 12.8. The summed E-state index contributed by atoms with van der Waals surface area (Å²) in [6.07, 6.45) is 6.34. The zero-order chi connectivity index (χ0) is 14.6. The molecule has 0 atom stereocenters.